The molecule has 3 unspecified atom stereocenters. The van der Waals surface area contributed by atoms with Crippen LogP contribution in [-0.4, -0.2) is 58.9 Å². The largest absolute Gasteiger partial charge is 0.479 e. The Kier molecular flexibility index (Phi) is 8.39. The van der Waals surface area contributed by atoms with Crippen LogP contribution in [0, 0.1) is 5.41 Å². The number of carboxylic acid groups (broad SMARTS) is 1. The molecule has 3 atom stereocenters. The Bertz CT molecular complexity index is 1090. The number of aliphatic carboxylic acids is 1. The Labute approximate surface area is 196 Å². The third kappa shape index (κ3) is 6.21. The molecule has 11 heteroatoms. The molecule has 1 aliphatic rings. The van der Waals surface area contributed by atoms with E-state index < -0.39 is 18.1 Å². The number of hydrogen-bond acceptors (Lipinski definition) is 6. The maximum atomic E-state index is 12.3. The summed E-state index contributed by atoms with van der Waals surface area (Å²) in [6, 6.07) is 5.00. The van der Waals surface area contributed by atoms with Gasteiger partial charge in [-0.2, -0.15) is 0 Å². The molecule has 0 aliphatic carbocycles. The van der Waals surface area contributed by atoms with Crippen molar-refractivity contribution in [2.75, 3.05) is 13.1 Å². The maximum absolute atomic E-state index is 12.3. The lowest BCUT2D eigenvalue weighted by atomic mass is 10.0. The maximum Gasteiger partial charge on any atom is 0.330 e. The summed E-state index contributed by atoms with van der Waals surface area (Å²) in [4.78, 5) is 39.4. The molecule has 3 rings (SSSR count). The van der Waals surface area contributed by atoms with Gasteiger partial charge >= 0.3 is 5.97 Å². The van der Waals surface area contributed by atoms with Crippen LogP contribution in [0.2, 0.25) is 0 Å². The van der Waals surface area contributed by atoms with Crippen molar-refractivity contribution >= 4 is 34.5 Å². The van der Waals surface area contributed by atoms with Gasteiger partial charge in [0.1, 0.15) is 5.84 Å². The monoisotopic (exact) mass is 469 g/mol. The van der Waals surface area contributed by atoms with Crippen LogP contribution >= 0.6 is 0 Å². The Hall–Kier alpha value is -3.70. The minimum Gasteiger partial charge on any atom is -0.479 e. The lowest BCUT2D eigenvalue weighted by molar-refractivity contribution is -0.142. The van der Waals surface area contributed by atoms with Crippen molar-refractivity contribution in [2.24, 2.45) is 11.5 Å². The zero-order valence-electron chi connectivity index (χ0n) is 18.8. The summed E-state index contributed by atoms with van der Waals surface area (Å²) in [6.45, 7) is 0.928. The van der Waals surface area contributed by atoms with Crippen molar-refractivity contribution in [1.82, 2.24) is 20.9 Å². The summed E-state index contributed by atoms with van der Waals surface area (Å²) in [5.41, 5.74) is 13.6. The fraction of sp³-hybridized carbons (Fsp3) is 0.391. The van der Waals surface area contributed by atoms with E-state index in [1.165, 1.54) is 0 Å². The molecule has 182 valence electrons. The number of aromatic amines is 1. The topological polar surface area (TPSA) is 199 Å². The third-order valence-electron chi connectivity index (χ3n) is 5.77. The molecule has 11 nitrogen and oxygen atoms in total. The van der Waals surface area contributed by atoms with Crippen molar-refractivity contribution in [3.8, 4) is 0 Å². The predicted octanol–water partition coefficient (Wildman–Crippen LogP) is 0.248. The van der Waals surface area contributed by atoms with Gasteiger partial charge in [0.05, 0.1) is 12.1 Å². The van der Waals surface area contributed by atoms with E-state index in [0.717, 1.165) is 16.5 Å². The minimum atomic E-state index is -1.15. The van der Waals surface area contributed by atoms with Gasteiger partial charge in [-0.15, -0.1) is 0 Å². The Morgan fingerprint density at radius 2 is 2.00 bits per heavy atom. The number of fused-ring (bicyclic) bond motifs is 1. The van der Waals surface area contributed by atoms with Crippen molar-refractivity contribution < 1.29 is 19.5 Å². The fourth-order valence-electron chi connectivity index (χ4n) is 4.01. The third-order valence-corrected chi connectivity index (χ3v) is 5.77. The number of carbonyl (C=O) groups is 3. The highest BCUT2D eigenvalue weighted by Gasteiger charge is 2.26. The van der Waals surface area contributed by atoms with E-state index in [-0.39, 0.29) is 30.1 Å². The van der Waals surface area contributed by atoms with Gasteiger partial charge in [0, 0.05) is 42.2 Å². The van der Waals surface area contributed by atoms with Gasteiger partial charge in [-0.3, -0.25) is 15.0 Å². The molecule has 1 aliphatic heterocycles. The molecule has 1 aromatic heterocycles. The quantitative estimate of drug-likeness (QED) is 0.0942. The van der Waals surface area contributed by atoms with Crippen molar-refractivity contribution in [3.63, 3.8) is 0 Å². The van der Waals surface area contributed by atoms with Crippen LogP contribution in [-0.2, 0) is 14.4 Å². The van der Waals surface area contributed by atoms with E-state index in [4.69, 9.17) is 16.9 Å². The first-order chi connectivity index (χ1) is 16.3. The standard InChI is InChI=1S/C23H31N7O4/c24-16(11-13-8-10-27-19(13)21(25)26)22(32)28-9-4-3-7-18(31)30-20(23(33)34)15-12-29-17-6-2-1-5-14(15)17/h1-2,5-6,8,12,16,19-20,27,29H,3-4,7,9-11,24H2,(H3,25,26)(H,28,32)(H,30,31)(H,33,34). The second-order valence-corrected chi connectivity index (χ2v) is 8.26. The number of nitrogens with two attached hydrogens (primary N) is 2. The number of hydrogen-bond donors (Lipinski definition) is 8. The average molecular weight is 470 g/mol. The van der Waals surface area contributed by atoms with Crippen molar-refractivity contribution in [3.05, 3.63) is 47.7 Å². The fourth-order valence-corrected chi connectivity index (χ4v) is 4.01. The summed E-state index contributed by atoms with van der Waals surface area (Å²) in [7, 11) is 0. The summed E-state index contributed by atoms with van der Waals surface area (Å²) in [6.07, 6.45) is 4.93. The number of carbonyl (C=O) groups excluding carboxylic acids is 2. The molecule has 0 fully saturated rings. The normalized spacial score (nSPS) is 17.1. The van der Waals surface area contributed by atoms with Crippen molar-refractivity contribution in [2.45, 2.75) is 43.8 Å². The Morgan fingerprint density at radius 1 is 1.24 bits per heavy atom. The first-order valence-corrected chi connectivity index (χ1v) is 11.2. The molecule has 34 heavy (non-hydrogen) atoms. The van der Waals surface area contributed by atoms with Gasteiger partial charge in [0.2, 0.25) is 11.8 Å². The lowest BCUT2D eigenvalue weighted by Gasteiger charge is -2.18. The lowest BCUT2D eigenvalue weighted by Crippen LogP contribution is -2.44. The molecule has 0 saturated carbocycles. The second kappa shape index (κ2) is 11.4. The van der Waals surface area contributed by atoms with E-state index >= 15 is 0 Å². The zero-order valence-corrected chi connectivity index (χ0v) is 18.8. The number of rotatable bonds is 12. The Balaban J connectivity index is 1.39. The van der Waals surface area contributed by atoms with Crippen LogP contribution < -0.4 is 27.4 Å². The van der Waals surface area contributed by atoms with Gasteiger partial charge in [-0.05, 0) is 30.9 Å². The summed E-state index contributed by atoms with van der Waals surface area (Å²) in [5.74, 6) is -1.84. The minimum absolute atomic E-state index is 0.00975. The van der Waals surface area contributed by atoms with E-state index in [1.54, 1.807) is 12.3 Å². The predicted molar refractivity (Wildman–Crippen MR) is 128 cm³/mol. The zero-order chi connectivity index (χ0) is 24.7. The van der Waals surface area contributed by atoms with Crippen molar-refractivity contribution in [1.29, 1.82) is 5.41 Å². The van der Waals surface area contributed by atoms with Gasteiger partial charge in [0.25, 0.3) is 0 Å². The van der Waals surface area contributed by atoms with Gasteiger partial charge in [-0.1, -0.05) is 24.3 Å². The first-order valence-electron chi connectivity index (χ1n) is 11.2. The average Bonchev–Trinajstić information content (AvgIpc) is 3.44. The number of carboxylic acids is 1. The van der Waals surface area contributed by atoms with E-state index in [9.17, 15) is 19.5 Å². The molecule has 0 radical (unpaired) electrons. The van der Waals surface area contributed by atoms with Crippen LogP contribution in [0.25, 0.3) is 10.9 Å². The number of H-pyrrole nitrogens is 1. The Morgan fingerprint density at radius 3 is 2.74 bits per heavy atom. The molecule has 2 amide bonds. The number of para-hydroxylation sites is 1. The van der Waals surface area contributed by atoms with Gasteiger partial charge in [0.15, 0.2) is 6.04 Å². The van der Waals surface area contributed by atoms with Gasteiger partial charge < -0.3 is 37.5 Å². The highest BCUT2D eigenvalue weighted by atomic mass is 16.4. The molecule has 1 aromatic carbocycles. The number of nitrogens with one attached hydrogen (secondary N) is 5. The van der Waals surface area contributed by atoms with E-state index in [0.29, 0.717) is 37.9 Å². The summed E-state index contributed by atoms with van der Waals surface area (Å²) >= 11 is 0. The molecule has 2 heterocycles. The van der Waals surface area contributed by atoms with Crippen LogP contribution in [0.15, 0.2) is 42.1 Å². The number of amidine groups is 1. The highest BCUT2D eigenvalue weighted by molar-refractivity contribution is 5.92. The molecule has 0 bridgehead atoms. The smallest absolute Gasteiger partial charge is 0.330 e. The molecule has 0 spiro atoms. The van der Waals surface area contributed by atoms with Gasteiger partial charge in [-0.25, -0.2) is 4.79 Å². The number of benzene rings is 1. The number of aromatic nitrogens is 1. The van der Waals surface area contributed by atoms with Crippen LogP contribution in [0.3, 0.4) is 0 Å². The SMILES string of the molecule is N=C(N)C1NCC=C1CC(N)C(=O)NCCCCC(=O)NC(C(=O)O)c1c[nH]c2ccccc12. The number of amides is 2. The molecule has 10 N–H and O–H groups in total. The van der Waals surface area contributed by atoms with Crippen LogP contribution in [0.4, 0.5) is 0 Å². The molecule has 2 aromatic rings. The van der Waals surface area contributed by atoms with E-state index in [1.807, 2.05) is 24.3 Å². The van der Waals surface area contributed by atoms with Crippen LogP contribution in [0.5, 0.6) is 0 Å². The number of unbranched alkanes of at least 4 members (excludes halogenated alkanes) is 1. The molecular weight excluding hydrogens is 438 g/mol. The van der Waals surface area contributed by atoms with Crippen LogP contribution in [0.1, 0.15) is 37.3 Å². The second-order valence-electron chi connectivity index (χ2n) is 8.26. The highest BCUT2D eigenvalue weighted by Crippen LogP contribution is 2.24. The van der Waals surface area contributed by atoms with E-state index in [2.05, 4.69) is 20.9 Å². The summed E-state index contributed by atoms with van der Waals surface area (Å²) in [5, 5.41) is 26.3. The molecule has 0 saturated heterocycles. The summed E-state index contributed by atoms with van der Waals surface area (Å²) < 4.78 is 0. The molecular formula is C23H31N7O4. The first kappa shape index (κ1) is 24.9.